The van der Waals surface area contributed by atoms with E-state index in [0.717, 1.165) is 32.5 Å². The van der Waals surface area contributed by atoms with Crippen LogP contribution < -0.4 is 15.8 Å². The highest BCUT2D eigenvalue weighted by molar-refractivity contribution is 6.32. The molecule has 0 bridgehead atoms. The van der Waals surface area contributed by atoms with Gasteiger partial charge in [-0.15, -0.1) is 0 Å². The van der Waals surface area contributed by atoms with Crippen LogP contribution in [0.2, 0.25) is 5.02 Å². The summed E-state index contributed by atoms with van der Waals surface area (Å²) >= 11 is 6.02. The number of halogens is 1. The summed E-state index contributed by atoms with van der Waals surface area (Å²) in [7, 11) is 0. The van der Waals surface area contributed by atoms with Crippen LogP contribution in [0.15, 0.2) is 11.1 Å². The van der Waals surface area contributed by atoms with Gasteiger partial charge in [-0.2, -0.15) is 0 Å². The molecular weight excluding hydrogens is 240 g/mol. The van der Waals surface area contributed by atoms with E-state index in [0.29, 0.717) is 11.9 Å². The molecule has 1 fully saturated rings. The molecule has 94 valence electrons. The van der Waals surface area contributed by atoms with Gasteiger partial charge in [-0.25, -0.2) is 4.98 Å². The first-order chi connectivity index (χ1) is 8.24. The molecule has 0 aromatic carbocycles. The second-order valence-electron chi connectivity index (χ2n) is 4.16. The Labute approximate surface area is 105 Å². The third kappa shape index (κ3) is 2.61. The van der Waals surface area contributed by atoms with Crippen molar-refractivity contribution in [2.45, 2.75) is 25.8 Å². The molecule has 0 amide bonds. The third-order valence-electron chi connectivity index (χ3n) is 3.10. The number of nitrogens with zero attached hydrogens (tertiary/aromatic N) is 2. The predicted molar refractivity (Wildman–Crippen MR) is 68.8 cm³/mol. The van der Waals surface area contributed by atoms with E-state index < -0.39 is 0 Å². The number of H-pyrrole nitrogens is 1. The first-order valence-electron chi connectivity index (χ1n) is 5.94. The summed E-state index contributed by atoms with van der Waals surface area (Å²) in [5.74, 6) is 0.589. The van der Waals surface area contributed by atoms with Crippen LogP contribution in [0.5, 0.6) is 0 Å². The largest absolute Gasteiger partial charge is 0.351 e. The molecule has 1 aliphatic heterocycles. The minimum atomic E-state index is -0.279. The quantitative estimate of drug-likeness (QED) is 0.847. The molecule has 5 nitrogen and oxygen atoms in total. The van der Waals surface area contributed by atoms with Crippen molar-refractivity contribution in [1.29, 1.82) is 0 Å². The molecule has 1 unspecified atom stereocenters. The number of piperidine rings is 1. The number of rotatable bonds is 3. The van der Waals surface area contributed by atoms with Gasteiger partial charge in [-0.3, -0.25) is 4.79 Å². The smallest absolute Gasteiger partial charge is 0.271 e. The Kier molecular flexibility index (Phi) is 4.02. The normalized spacial score (nSPS) is 20.2. The molecule has 0 radical (unpaired) electrons. The molecule has 1 atom stereocenters. The highest BCUT2D eigenvalue weighted by Crippen LogP contribution is 2.22. The molecule has 1 saturated heterocycles. The highest BCUT2D eigenvalue weighted by Gasteiger charge is 2.23. The van der Waals surface area contributed by atoms with E-state index in [1.807, 2.05) is 6.92 Å². The standard InChI is InChI=1S/C11H17ClN4O/c1-2-16(8-4-3-5-13-6-8)10-9(12)11(17)15-7-14-10/h7-8,13H,2-6H2,1H3,(H,14,15,17). The van der Waals surface area contributed by atoms with Crippen LogP contribution in [0, 0.1) is 0 Å². The number of nitrogens with one attached hydrogen (secondary N) is 2. The molecule has 0 saturated carbocycles. The van der Waals surface area contributed by atoms with Gasteiger partial charge in [0.05, 0.1) is 6.33 Å². The number of hydrogen-bond acceptors (Lipinski definition) is 4. The third-order valence-corrected chi connectivity index (χ3v) is 3.44. The van der Waals surface area contributed by atoms with E-state index in [2.05, 4.69) is 20.2 Å². The fourth-order valence-electron chi connectivity index (χ4n) is 2.25. The van der Waals surface area contributed by atoms with Gasteiger partial charge in [0.2, 0.25) is 0 Å². The monoisotopic (exact) mass is 256 g/mol. The van der Waals surface area contributed by atoms with Crippen molar-refractivity contribution >= 4 is 17.4 Å². The van der Waals surface area contributed by atoms with E-state index in [-0.39, 0.29) is 10.6 Å². The van der Waals surface area contributed by atoms with Gasteiger partial charge in [0, 0.05) is 19.1 Å². The van der Waals surface area contributed by atoms with Gasteiger partial charge in [0.1, 0.15) is 5.02 Å². The van der Waals surface area contributed by atoms with E-state index in [4.69, 9.17) is 11.6 Å². The van der Waals surface area contributed by atoms with E-state index >= 15 is 0 Å². The maximum absolute atomic E-state index is 11.5. The molecule has 1 aromatic rings. The van der Waals surface area contributed by atoms with Crippen LogP contribution in [-0.4, -0.2) is 35.6 Å². The highest BCUT2D eigenvalue weighted by atomic mass is 35.5. The average Bonchev–Trinajstić information content (AvgIpc) is 2.37. The van der Waals surface area contributed by atoms with Crippen LogP contribution in [0.4, 0.5) is 5.82 Å². The van der Waals surface area contributed by atoms with E-state index in [1.54, 1.807) is 0 Å². The second-order valence-corrected chi connectivity index (χ2v) is 4.53. The summed E-state index contributed by atoms with van der Waals surface area (Å²) in [5.41, 5.74) is -0.279. The lowest BCUT2D eigenvalue weighted by atomic mass is 10.1. The lowest BCUT2D eigenvalue weighted by Gasteiger charge is -2.34. The van der Waals surface area contributed by atoms with Gasteiger partial charge < -0.3 is 15.2 Å². The van der Waals surface area contributed by atoms with Crippen molar-refractivity contribution < 1.29 is 0 Å². The summed E-state index contributed by atoms with van der Waals surface area (Å²) in [6, 6.07) is 0.362. The molecule has 6 heteroatoms. The van der Waals surface area contributed by atoms with Crippen LogP contribution in [0.3, 0.4) is 0 Å². The number of hydrogen-bond donors (Lipinski definition) is 2. The summed E-state index contributed by atoms with van der Waals surface area (Å²) in [5, 5.41) is 3.54. The van der Waals surface area contributed by atoms with E-state index in [9.17, 15) is 4.79 Å². The van der Waals surface area contributed by atoms with Crippen LogP contribution in [0.25, 0.3) is 0 Å². The molecule has 0 spiro atoms. The van der Waals surface area contributed by atoms with Crippen LogP contribution >= 0.6 is 11.6 Å². The van der Waals surface area contributed by atoms with Gasteiger partial charge >= 0.3 is 0 Å². The number of anilines is 1. The maximum Gasteiger partial charge on any atom is 0.271 e. The Morgan fingerprint density at radius 3 is 3.12 bits per heavy atom. The lowest BCUT2D eigenvalue weighted by molar-refractivity contribution is 0.433. The first-order valence-corrected chi connectivity index (χ1v) is 6.32. The number of aromatic nitrogens is 2. The fourth-order valence-corrected chi connectivity index (χ4v) is 2.47. The SMILES string of the molecule is CCN(c1nc[nH]c(=O)c1Cl)C1CCCNC1. The molecule has 2 heterocycles. The maximum atomic E-state index is 11.5. The van der Waals surface area contributed by atoms with Crippen molar-refractivity contribution in [2.24, 2.45) is 0 Å². The summed E-state index contributed by atoms with van der Waals surface area (Å²) in [6.07, 6.45) is 3.65. The van der Waals surface area contributed by atoms with Gasteiger partial charge in [0.15, 0.2) is 5.82 Å². The zero-order chi connectivity index (χ0) is 12.3. The van der Waals surface area contributed by atoms with E-state index in [1.165, 1.54) is 6.33 Å². The Hall–Kier alpha value is -1.07. The Morgan fingerprint density at radius 1 is 1.65 bits per heavy atom. The van der Waals surface area contributed by atoms with Gasteiger partial charge in [0.25, 0.3) is 5.56 Å². The van der Waals surface area contributed by atoms with Crippen molar-refractivity contribution in [1.82, 2.24) is 15.3 Å². The number of likely N-dealkylation sites (N-methyl/N-ethyl adjacent to an activating group) is 1. The topological polar surface area (TPSA) is 61.0 Å². The minimum Gasteiger partial charge on any atom is -0.351 e. The summed E-state index contributed by atoms with van der Waals surface area (Å²) in [4.78, 5) is 20.3. The van der Waals surface area contributed by atoms with Crippen molar-refractivity contribution in [3.05, 3.63) is 21.7 Å². The molecule has 1 aromatic heterocycles. The molecule has 17 heavy (non-hydrogen) atoms. The molecule has 0 aliphatic carbocycles. The van der Waals surface area contributed by atoms with Crippen molar-refractivity contribution in [3.63, 3.8) is 0 Å². The van der Waals surface area contributed by atoms with Gasteiger partial charge in [-0.1, -0.05) is 11.6 Å². The van der Waals surface area contributed by atoms with Crippen molar-refractivity contribution in [2.75, 3.05) is 24.5 Å². The molecule has 1 aliphatic rings. The minimum absolute atomic E-state index is 0.180. The Balaban J connectivity index is 2.27. The predicted octanol–water partition coefficient (Wildman–Crippen LogP) is 1.00. The second kappa shape index (κ2) is 5.51. The number of aromatic amines is 1. The van der Waals surface area contributed by atoms with Crippen LogP contribution in [-0.2, 0) is 0 Å². The zero-order valence-corrected chi connectivity index (χ0v) is 10.6. The van der Waals surface area contributed by atoms with Crippen molar-refractivity contribution in [3.8, 4) is 0 Å². The lowest BCUT2D eigenvalue weighted by Crippen LogP contribution is -2.46. The molecular formula is C11H17ClN4O. The zero-order valence-electron chi connectivity index (χ0n) is 9.87. The van der Waals surface area contributed by atoms with Crippen LogP contribution in [0.1, 0.15) is 19.8 Å². The molecule has 2 N–H and O–H groups in total. The Bertz CT molecular complexity index is 428. The summed E-state index contributed by atoms with van der Waals surface area (Å²) < 4.78 is 0. The average molecular weight is 257 g/mol. The molecule has 2 rings (SSSR count). The fraction of sp³-hybridized carbons (Fsp3) is 0.636. The van der Waals surface area contributed by atoms with Gasteiger partial charge in [-0.05, 0) is 26.3 Å². The first kappa shape index (κ1) is 12.4. The Morgan fingerprint density at radius 2 is 2.47 bits per heavy atom. The summed E-state index contributed by atoms with van der Waals surface area (Å²) in [6.45, 7) is 4.82.